The highest BCUT2D eigenvalue weighted by Crippen LogP contribution is 2.37. The predicted molar refractivity (Wildman–Crippen MR) is 213 cm³/mol. The van der Waals surface area contributed by atoms with Crippen LogP contribution in [-0.4, -0.2) is 19.9 Å². The van der Waals surface area contributed by atoms with E-state index in [1.807, 2.05) is 55.5 Å². The van der Waals surface area contributed by atoms with E-state index in [2.05, 4.69) is 117 Å². The fourth-order valence-corrected chi connectivity index (χ4v) is 6.65. The number of anilines is 1. The zero-order valence-electron chi connectivity index (χ0n) is 28.9. The van der Waals surface area contributed by atoms with E-state index < -0.39 is 0 Å². The minimum atomic E-state index is 0.284. The van der Waals surface area contributed by atoms with Crippen LogP contribution in [0, 0.1) is 0 Å². The van der Waals surface area contributed by atoms with E-state index >= 15 is 0 Å². The van der Waals surface area contributed by atoms with Gasteiger partial charge in [-0.3, -0.25) is 4.98 Å². The molecule has 0 bridgehead atoms. The largest absolute Gasteiger partial charge is 0.398 e. The summed E-state index contributed by atoms with van der Waals surface area (Å²) < 4.78 is 0. The number of hydrogen-bond acceptors (Lipinski definition) is 5. The number of aromatic nitrogens is 4. The summed E-state index contributed by atoms with van der Waals surface area (Å²) in [7, 11) is 0. The smallest absolute Gasteiger partial charge is 0.179 e. The van der Waals surface area contributed by atoms with Crippen molar-refractivity contribution in [2.45, 2.75) is 26.7 Å². The normalized spacial score (nSPS) is 11.6. The monoisotopic (exact) mass is 659 g/mol. The van der Waals surface area contributed by atoms with E-state index in [4.69, 9.17) is 25.7 Å². The molecular weight excluding hydrogens is 623 g/mol. The Bertz CT molecular complexity index is 2570. The van der Waals surface area contributed by atoms with Gasteiger partial charge in [-0.25, -0.2) is 15.0 Å². The third-order valence-corrected chi connectivity index (χ3v) is 9.32. The Labute approximate surface area is 298 Å². The lowest BCUT2D eigenvalue weighted by Gasteiger charge is -2.14. The number of nitrogens with zero attached hydrogens (tertiary/aromatic N) is 4. The Morgan fingerprint density at radius 3 is 1.94 bits per heavy atom. The molecule has 0 unspecified atom stereocenters. The average Bonchev–Trinajstić information content (AvgIpc) is 3.18. The summed E-state index contributed by atoms with van der Waals surface area (Å²) in [6.07, 6.45) is 4.04. The molecule has 3 aromatic heterocycles. The van der Waals surface area contributed by atoms with Crippen LogP contribution in [0.1, 0.15) is 37.9 Å². The predicted octanol–water partition coefficient (Wildman–Crippen LogP) is 11.6. The van der Waals surface area contributed by atoms with Gasteiger partial charge in [0, 0.05) is 38.8 Å². The van der Waals surface area contributed by atoms with Gasteiger partial charge in [-0.15, -0.1) is 0 Å². The maximum atomic E-state index is 6.67. The minimum absolute atomic E-state index is 0.284. The molecule has 0 saturated carbocycles. The van der Waals surface area contributed by atoms with Crippen molar-refractivity contribution >= 4 is 33.6 Å². The van der Waals surface area contributed by atoms with Gasteiger partial charge >= 0.3 is 0 Å². The van der Waals surface area contributed by atoms with Crippen LogP contribution in [0.4, 0.5) is 5.69 Å². The van der Waals surface area contributed by atoms with Crippen LogP contribution in [0.15, 0.2) is 146 Å². The van der Waals surface area contributed by atoms with Crippen LogP contribution < -0.4 is 5.73 Å². The van der Waals surface area contributed by atoms with Crippen molar-refractivity contribution in [1.29, 1.82) is 0 Å². The van der Waals surface area contributed by atoms with Gasteiger partial charge < -0.3 is 5.73 Å². The summed E-state index contributed by atoms with van der Waals surface area (Å²) >= 11 is 0. The van der Waals surface area contributed by atoms with Crippen molar-refractivity contribution in [3.05, 3.63) is 157 Å². The highest BCUT2D eigenvalue weighted by atomic mass is 14.9. The van der Waals surface area contributed by atoms with E-state index in [-0.39, 0.29) is 5.92 Å². The van der Waals surface area contributed by atoms with Crippen molar-refractivity contribution in [1.82, 2.24) is 19.9 Å². The number of nitrogens with two attached hydrogens (primary N) is 1. The molecule has 51 heavy (non-hydrogen) atoms. The molecule has 5 aromatic carbocycles. The zero-order valence-corrected chi connectivity index (χ0v) is 28.9. The first-order valence-corrected chi connectivity index (χ1v) is 17.3. The maximum Gasteiger partial charge on any atom is 0.179 e. The second-order valence-electron chi connectivity index (χ2n) is 13.1. The molecule has 0 fully saturated rings. The highest BCUT2D eigenvalue weighted by Gasteiger charge is 2.18. The summed E-state index contributed by atoms with van der Waals surface area (Å²) in [5.41, 5.74) is 19.6. The third kappa shape index (κ3) is 6.15. The van der Waals surface area contributed by atoms with Gasteiger partial charge in [-0.05, 0) is 59.4 Å². The van der Waals surface area contributed by atoms with Crippen LogP contribution in [-0.2, 0) is 0 Å². The van der Waals surface area contributed by atoms with Crippen LogP contribution >= 0.6 is 0 Å². The van der Waals surface area contributed by atoms with Crippen LogP contribution in [0.5, 0.6) is 0 Å². The van der Waals surface area contributed by atoms with E-state index in [0.29, 0.717) is 11.5 Å². The Balaban J connectivity index is 1.37. The quantitative estimate of drug-likeness (QED) is 0.136. The topological polar surface area (TPSA) is 77.6 Å². The van der Waals surface area contributed by atoms with E-state index in [0.717, 1.165) is 83.5 Å². The van der Waals surface area contributed by atoms with Gasteiger partial charge in [0.15, 0.2) is 5.82 Å². The first kappa shape index (κ1) is 31.8. The van der Waals surface area contributed by atoms with Crippen LogP contribution in [0.2, 0.25) is 0 Å². The molecule has 2 N–H and O–H groups in total. The van der Waals surface area contributed by atoms with Gasteiger partial charge in [0.2, 0.25) is 0 Å². The average molecular weight is 660 g/mol. The third-order valence-electron chi connectivity index (χ3n) is 9.32. The number of para-hydroxylation sites is 1. The number of hydrogen-bond donors (Lipinski definition) is 1. The number of nitrogen functional groups attached to an aromatic ring is 1. The number of pyridine rings is 2. The second-order valence-corrected chi connectivity index (χ2v) is 13.1. The maximum absolute atomic E-state index is 6.67. The SMILES string of the molecule is C/C=C\c1cccc(-c2cccc(-c3cc(-c4ccccc4)nc(-c4cc(-c5ccccc5)c5ccc6ccc(C(C)C)nc6c5n4)n3)c2)c1N. The van der Waals surface area contributed by atoms with Crippen molar-refractivity contribution in [2.75, 3.05) is 5.73 Å². The number of rotatable bonds is 7. The molecule has 8 aromatic rings. The molecule has 246 valence electrons. The number of allylic oxidation sites excluding steroid dienone is 1. The van der Waals surface area contributed by atoms with E-state index in [9.17, 15) is 0 Å². The minimum Gasteiger partial charge on any atom is -0.398 e. The highest BCUT2D eigenvalue weighted by molar-refractivity contribution is 6.09. The van der Waals surface area contributed by atoms with Gasteiger partial charge in [0.05, 0.1) is 22.4 Å². The molecule has 0 saturated heterocycles. The summed E-state index contributed by atoms with van der Waals surface area (Å²) in [6.45, 7) is 6.33. The van der Waals surface area contributed by atoms with Gasteiger partial charge in [0.1, 0.15) is 5.69 Å². The van der Waals surface area contributed by atoms with Gasteiger partial charge in [-0.1, -0.05) is 141 Å². The molecular formula is C46H37N5. The fraction of sp³-hybridized carbons (Fsp3) is 0.0870. The van der Waals surface area contributed by atoms with E-state index in [1.165, 1.54) is 0 Å². The Morgan fingerprint density at radius 1 is 0.529 bits per heavy atom. The molecule has 0 radical (unpaired) electrons. The fourth-order valence-electron chi connectivity index (χ4n) is 6.65. The van der Waals surface area contributed by atoms with Crippen molar-refractivity contribution in [3.8, 4) is 56.3 Å². The standard InChI is InChI=1S/C46H37N5/c1-4-13-32-18-12-21-36(43(32)47)34-19-11-20-35(26-34)41-28-40(31-16-9-6-10-17-31)50-46(51-41)42-27-38(30-14-7-5-8-15-30)37-24-22-33-23-25-39(29(2)3)48-44(33)45(37)49-42/h4-29H,47H2,1-3H3/b13-4-. The van der Waals surface area contributed by atoms with Crippen LogP contribution in [0.3, 0.4) is 0 Å². The Hall–Kier alpha value is -6.46. The van der Waals surface area contributed by atoms with E-state index in [1.54, 1.807) is 0 Å². The first-order chi connectivity index (χ1) is 25.0. The molecule has 0 spiro atoms. The van der Waals surface area contributed by atoms with Crippen LogP contribution in [0.25, 0.3) is 84.2 Å². The molecule has 0 amide bonds. The summed E-state index contributed by atoms with van der Waals surface area (Å²) in [6, 6.07) is 47.9. The molecule has 0 aliphatic carbocycles. The van der Waals surface area contributed by atoms with Crippen molar-refractivity contribution in [2.24, 2.45) is 0 Å². The summed E-state index contributed by atoms with van der Waals surface area (Å²) in [5.74, 6) is 0.828. The Kier molecular flexibility index (Phi) is 8.38. The summed E-state index contributed by atoms with van der Waals surface area (Å²) in [4.78, 5) is 20.9. The Morgan fingerprint density at radius 2 is 1.20 bits per heavy atom. The zero-order chi connectivity index (χ0) is 34.9. The van der Waals surface area contributed by atoms with Gasteiger partial charge in [-0.2, -0.15) is 0 Å². The lowest BCUT2D eigenvalue weighted by molar-refractivity contribution is 0.830. The lowest BCUT2D eigenvalue weighted by atomic mass is 9.97. The molecule has 5 nitrogen and oxygen atoms in total. The van der Waals surface area contributed by atoms with Crippen molar-refractivity contribution in [3.63, 3.8) is 0 Å². The lowest BCUT2D eigenvalue weighted by Crippen LogP contribution is -2.00. The molecule has 3 heterocycles. The molecule has 0 atom stereocenters. The summed E-state index contributed by atoms with van der Waals surface area (Å²) in [5, 5.41) is 2.08. The molecule has 0 aliphatic rings. The van der Waals surface area contributed by atoms with Gasteiger partial charge in [0.25, 0.3) is 0 Å². The molecule has 0 aliphatic heterocycles. The molecule has 8 rings (SSSR count). The number of fused-ring (bicyclic) bond motifs is 3. The first-order valence-electron chi connectivity index (χ1n) is 17.3. The van der Waals surface area contributed by atoms with Crippen molar-refractivity contribution < 1.29 is 0 Å². The molecule has 5 heteroatoms. The second kappa shape index (κ2) is 13.4. The number of benzene rings is 5.